The number of ether oxygens (including phenoxy) is 1. The Morgan fingerprint density at radius 1 is 1.61 bits per heavy atom. The van der Waals surface area contributed by atoms with Crippen LogP contribution in [0.2, 0.25) is 0 Å². The number of thioether (sulfide) groups is 1. The lowest BCUT2D eigenvalue weighted by Gasteiger charge is -2.22. The molecule has 0 aliphatic carbocycles. The lowest BCUT2D eigenvalue weighted by molar-refractivity contribution is -0.129. The third kappa shape index (κ3) is 5.19. The van der Waals surface area contributed by atoms with Crippen LogP contribution in [0.3, 0.4) is 0 Å². The first-order chi connectivity index (χ1) is 11.2. The SMILES string of the molecule is CCCCOC(=O)c1csc(SCCN2C(=O)CC[C@@H]2CO)n1. The predicted octanol–water partition coefficient (Wildman–Crippen LogP) is 2.18. The van der Waals surface area contributed by atoms with Crippen molar-refractivity contribution < 1.29 is 19.4 Å². The molecular weight excluding hydrogens is 336 g/mol. The molecule has 2 rings (SSSR count). The normalized spacial score (nSPS) is 17.7. The van der Waals surface area contributed by atoms with Crippen molar-refractivity contribution in [3.63, 3.8) is 0 Å². The number of carbonyl (C=O) groups excluding carboxylic acids is 2. The summed E-state index contributed by atoms with van der Waals surface area (Å²) >= 11 is 2.92. The molecule has 0 unspecified atom stereocenters. The highest BCUT2D eigenvalue weighted by Gasteiger charge is 2.29. The van der Waals surface area contributed by atoms with Gasteiger partial charge in [0, 0.05) is 24.1 Å². The average Bonchev–Trinajstić information content (AvgIpc) is 3.15. The van der Waals surface area contributed by atoms with E-state index in [0.717, 1.165) is 23.6 Å². The molecule has 6 nitrogen and oxygen atoms in total. The summed E-state index contributed by atoms with van der Waals surface area (Å²) in [5.41, 5.74) is 0.346. The Kier molecular flexibility index (Phi) is 7.32. The molecule has 0 aromatic carbocycles. The number of esters is 1. The number of hydrogen-bond donors (Lipinski definition) is 1. The van der Waals surface area contributed by atoms with Crippen LogP contribution in [0.15, 0.2) is 9.72 Å². The Hall–Kier alpha value is -1.12. The van der Waals surface area contributed by atoms with Crippen molar-refractivity contribution >= 4 is 35.0 Å². The molecule has 0 spiro atoms. The van der Waals surface area contributed by atoms with Gasteiger partial charge in [0.2, 0.25) is 5.91 Å². The second-order valence-corrected chi connectivity index (χ2v) is 7.50. The van der Waals surface area contributed by atoms with E-state index in [0.29, 0.717) is 31.0 Å². The van der Waals surface area contributed by atoms with Crippen LogP contribution < -0.4 is 0 Å². The summed E-state index contributed by atoms with van der Waals surface area (Å²) < 4.78 is 5.92. The number of aliphatic hydroxyl groups excluding tert-OH is 1. The Morgan fingerprint density at radius 2 is 2.43 bits per heavy atom. The van der Waals surface area contributed by atoms with Gasteiger partial charge in [-0.1, -0.05) is 25.1 Å². The summed E-state index contributed by atoms with van der Waals surface area (Å²) in [6.07, 6.45) is 3.08. The van der Waals surface area contributed by atoms with E-state index in [1.807, 2.05) is 6.92 Å². The number of aromatic nitrogens is 1. The van der Waals surface area contributed by atoms with Gasteiger partial charge in [-0.3, -0.25) is 4.79 Å². The van der Waals surface area contributed by atoms with Crippen molar-refractivity contribution in [3.8, 4) is 0 Å². The van der Waals surface area contributed by atoms with Crippen molar-refractivity contribution in [1.82, 2.24) is 9.88 Å². The highest BCUT2D eigenvalue weighted by Crippen LogP contribution is 2.25. The van der Waals surface area contributed by atoms with Crippen LogP contribution in [0.1, 0.15) is 43.1 Å². The van der Waals surface area contributed by atoms with E-state index >= 15 is 0 Å². The van der Waals surface area contributed by atoms with Gasteiger partial charge in [-0.05, 0) is 12.8 Å². The summed E-state index contributed by atoms with van der Waals surface area (Å²) in [5.74, 6) is 0.417. The fraction of sp³-hybridized carbons (Fsp3) is 0.667. The highest BCUT2D eigenvalue weighted by molar-refractivity contribution is 8.01. The summed E-state index contributed by atoms with van der Waals surface area (Å²) in [4.78, 5) is 29.5. The maximum absolute atomic E-state index is 11.8. The Bertz CT molecular complexity index is 535. The average molecular weight is 358 g/mol. The van der Waals surface area contributed by atoms with Gasteiger partial charge in [0.25, 0.3) is 0 Å². The molecule has 1 aromatic rings. The molecule has 1 aromatic heterocycles. The van der Waals surface area contributed by atoms with E-state index in [9.17, 15) is 14.7 Å². The second-order valence-electron chi connectivity index (χ2n) is 5.30. The maximum atomic E-state index is 11.8. The summed E-state index contributed by atoms with van der Waals surface area (Å²) in [6.45, 7) is 3.07. The zero-order chi connectivity index (χ0) is 16.7. The number of hydrogen-bond acceptors (Lipinski definition) is 7. The largest absolute Gasteiger partial charge is 0.461 e. The molecular formula is C15H22N2O4S2. The van der Waals surface area contributed by atoms with Crippen molar-refractivity contribution in [2.45, 2.75) is 43.0 Å². The molecule has 23 heavy (non-hydrogen) atoms. The molecule has 8 heteroatoms. The first-order valence-electron chi connectivity index (χ1n) is 7.81. The number of amides is 1. The van der Waals surface area contributed by atoms with Gasteiger partial charge in [-0.15, -0.1) is 11.3 Å². The van der Waals surface area contributed by atoms with Crippen LogP contribution in [-0.2, 0) is 9.53 Å². The fourth-order valence-corrected chi connectivity index (χ4v) is 4.13. The van der Waals surface area contributed by atoms with E-state index in [2.05, 4.69) is 4.98 Å². The maximum Gasteiger partial charge on any atom is 0.357 e. The molecule has 1 atom stereocenters. The van der Waals surface area contributed by atoms with Gasteiger partial charge >= 0.3 is 5.97 Å². The minimum atomic E-state index is -0.378. The van der Waals surface area contributed by atoms with Crippen LogP contribution in [-0.4, -0.2) is 58.4 Å². The quantitative estimate of drug-likeness (QED) is 0.414. The van der Waals surface area contributed by atoms with Crippen LogP contribution in [0.25, 0.3) is 0 Å². The standard InChI is InChI=1S/C15H22N2O4S2/c1-2-3-7-21-14(20)12-10-23-15(16-12)22-8-6-17-11(9-18)4-5-13(17)19/h10-11,18H,2-9H2,1H3/t11-/m1/s1. The van der Waals surface area contributed by atoms with Crippen molar-refractivity contribution in [2.24, 2.45) is 0 Å². The molecule has 1 aliphatic rings. The Balaban J connectivity index is 1.76. The van der Waals surface area contributed by atoms with Crippen molar-refractivity contribution in [2.75, 3.05) is 25.5 Å². The van der Waals surface area contributed by atoms with Crippen molar-refractivity contribution in [3.05, 3.63) is 11.1 Å². The van der Waals surface area contributed by atoms with Crippen molar-refractivity contribution in [1.29, 1.82) is 0 Å². The molecule has 0 saturated carbocycles. The second kappa shape index (κ2) is 9.24. The Labute approximate surface area is 144 Å². The zero-order valence-corrected chi connectivity index (χ0v) is 14.8. The number of likely N-dealkylation sites (tertiary alicyclic amines) is 1. The Morgan fingerprint density at radius 3 is 3.17 bits per heavy atom. The monoisotopic (exact) mass is 358 g/mol. The molecule has 1 amide bonds. The minimum Gasteiger partial charge on any atom is -0.461 e. The van der Waals surface area contributed by atoms with Gasteiger partial charge in [0.15, 0.2) is 10.0 Å². The molecule has 0 radical (unpaired) electrons. The molecule has 1 aliphatic heterocycles. The molecule has 128 valence electrons. The number of rotatable bonds is 9. The first-order valence-corrected chi connectivity index (χ1v) is 9.68. The summed E-state index contributed by atoms with van der Waals surface area (Å²) in [7, 11) is 0. The topological polar surface area (TPSA) is 79.7 Å². The fourth-order valence-electron chi connectivity index (χ4n) is 2.32. The molecule has 1 N–H and O–H groups in total. The number of carbonyl (C=O) groups is 2. The number of nitrogens with zero attached hydrogens (tertiary/aromatic N) is 2. The number of unbranched alkanes of at least 4 members (excludes halogenated alkanes) is 1. The van der Waals surface area contributed by atoms with Gasteiger partial charge in [-0.2, -0.15) is 0 Å². The van der Waals surface area contributed by atoms with E-state index < -0.39 is 0 Å². The molecule has 1 fully saturated rings. The highest BCUT2D eigenvalue weighted by atomic mass is 32.2. The van der Waals surface area contributed by atoms with Crippen LogP contribution in [0.5, 0.6) is 0 Å². The molecule has 0 bridgehead atoms. The third-order valence-corrected chi connectivity index (χ3v) is 5.65. The number of aliphatic hydroxyl groups is 1. The minimum absolute atomic E-state index is 0.0153. The van der Waals surface area contributed by atoms with E-state index in [1.54, 1.807) is 10.3 Å². The summed E-state index contributed by atoms with van der Waals surface area (Å²) in [5, 5.41) is 11.0. The van der Waals surface area contributed by atoms with Crippen LogP contribution in [0, 0.1) is 0 Å². The predicted molar refractivity (Wildman–Crippen MR) is 89.8 cm³/mol. The first kappa shape index (κ1) is 18.2. The zero-order valence-electron chi connectivity index (χ0n) is 13.2. The van der Waals surface area contributed by atoms with Crippen LogP contribution >= 0.6 is 23.1 Å². The lowest BCUT2D eigenvalue weighted by atomic mass is 10.2. The van der Waals surface area contributed by atoms with E-state index in [4.69, 9.17) is 4.74 Å². The van der Waals surface area contributed by atoms with Gasteiger partial charge in [-0.25, -0.2) is 9.78 Å². The number of thiazole rings is 1. The van der Waals surface area contributed by atoms with Crippen LogP contribution in [0.4, 0.5) is 0 Å². The van der Waals surface area contributed by atoms with Gasteiger partial charge < -0.3 is 14.7 Å². The van der Waals surface area contributed by atoms with E-state index in [-0.39, 0.29) is 24.5 Å². The summed E-state index contributed by atoms with van der Waals surface area (Å²) in [6, 6.07) is -0.0523. The smallest absolute Gasteiger partial charge is 0.357 e. The molecule has 2 heterocycles. The lowest BCUT2D eigenvalue weighted by Crippen LogP contribution is -2.36. The third-order valence-electron chi connectivity index (χ3n) is 3.64. The molecule has 1 saturated heterocycles. The van der Waals surface area contributed by atoms with Gasteiger partial charge in [0.1, 0.15) is 0 Å². The van der Waals surface area contributed by atoms with E-state index in [1.165, 1.54) is 23.1 Å². The van der Waals surface area contributed by atoms with Gasteiger partial charge in [0.05, 0.1) is 19.3 Å².